The van der Waals surface area contributed by atoms with Gasteiger partial charge in [-0.2, -0.15) is 0 Å². The summed E-state index contributed by atoms with van der Waals surface area (Å²) in [4.78, 5) is 27.5. The number of aliphatic hydroxyl groups is 9. The number of aromatic hydroxyl groups is 3. The number of carbonyl (C=O) groups excluding carboxylic acids is 1. The maximum atomic E-state index is 14.5. The molecule has 15 atom stereocenters. The Kier molecular flexibility index (Phi) is 14.7. The molecule has 0 amide bonds. The highest BCUT2D eigenvalue weighted by Gasteiger charge is 2.52. The van der Waals surface area contributed by atoms with Gasteiger partial charge in [-0.1, -0.05) is 6.07 Å². The van der Waals surface area contributed by atoms with Crippen LogP contribution in [0.2, 0.25) is 0 Å². The first-order valence-electron chi connectivity index (χ1n) is 20.3. The van der Waals surface area contributed by atoms with Gasteiger partial charge in [0.25, 0.3) is 0 Å². The van der Waals surface area contributed by atoms with Crippen LogP contribution in [0, 0.1) is 0 Å². The first-order valence-corrected chi connectivity index (χ1v) is 20.3. The van der Waals surface area contributed by atoms with Gasteiger partial charge < -0.3 is 104 Å². The van der Waals surface area contributed by atoms with Crippen molar-refractivity contribution >= 4 is 23.0 Å². The minimum absolute atomic E-state index is 0.0569. The van der Waals surface area contributed by atoms with Gasteiger partial charge in [0.2, 0.25) is 23.8 Å². The van der Waals surface area contributed by atoms with Gasteiger partial charge in [0.1, 0.15) is 83.2 Å². The van der Waals surface area contributed by atoms with Gasteiger partial charge in [-0.05, 0) is 55.0 Å². The van der Waals surface area contributed by atoms with Crippen LogP contribution in [0.4, 0.5) is 0 Å². The Morgan fingerprint density at radius 3 is 1.97 bits per heavy atom. The van der Waals surface area contributed by atoms with E-state index in [0.29, 0.717) is 5.56 Å². The number of hydrogen-bond acceptors (Lipinski definition) is 23. The van der Waals surface area contributed by atoms with Gasteiger partial charge in [0.05, 0.1) is 26.4 Å². The van der Waals surface area contributed by atoms with E-state index in [1.54, 1.807) is 0 Å². The summed E-state index contributed by atoms with van der Waals surface area (Å²) in [6.07, 6.45) is -23.8. The minimum Gasteiger partial charge on any atom is -0.508 e. The van der Waals surface area contributed by atoms with Gasteiger partial charge in [0, 0.05) is 23.8 Å². The van der Waals surface area contributed by atoms with E-state index in [4.69, 9.17) is 42.3 Å². The molecule has 12 N–H and O–H groups in total. The van der Waals surface area contributed by atoms with Crippen LogP contribution in [-0.2, 0) is 28.5 Å². The predicted octanol–water partition coefficient (Wildman–Crippen LogP) is -1.94. The summed E-state index contributed by atoms with van der Waals surface area (Å²) in [7, 11) is 1.33. The van der Waals surface area contributed by atoms with E-state index >= 15 is 0 Å². The summed E-state index contributed by atoms with van der Waals surface area (Å²) >= 11 is 0. The summed E-state index contributed by atoms with van der Waals surface area (Å²) in [6.45, 7) is -0.362. The van der Waals surface area contributed by atoms with Crippen molar-refractivity contribution in [3.05, 3.63) is 76.5 Å². The van der Waals surface area contributed by atoms with Crippen molar-refractivity contribution in [1.82, 2.24) is 0 Å². The first-order chi connectivity index (χ1) is 31.4. The molecule has 23 nitrogen and oxygen atoms in total. The summed E-state index contributed by atoms with van der Waals surface area (Å²) in [5.74, 6) is -3.61. The van der Waals surface area contributed by atoms with Gasteiger partial charge in [-0.3, -0.25) is 4.79 Å². The molecule has 3 fully saturated rings. The molecule has 66 heavy (non-hydrogen) atoms. The second-order valence-electron chi connectivity index (χ2n) is 15.5. The Balaban J connectivity index is 1.24. The van der Waals surface area contributed by atoms with Gasteiger partial charge in [0.15, 0.2) is 35.8 Å². The van der Waals surface area contributed by atoms with Crippen molar-refractivity contribution < 1.29 is 108 Å². The molecule has 0 bridgehead atoms. The molecule has 3 aromatic carbocycles. The number of methoxy groups -OCH3 is 1. The minimum atomic E-state index is -1.98. The largest absolute Gasteiger partial charge is 0.508 e. The third kappa shape index (κ3) is 9.75. The number of phenols is 3. The van der Waals surface area contributed by atoms with Crippen molar-refractivity contribution in [2.45, 2.75) is 99.0 Å². The molecule has 0 saturated carbocycles. The van der Waals surface area contributed by atoms with Gasteiger partial charge in [-0.15, -0.1) is 0 Å². The average molecular weight is 933 g/mol. The maximum Gasteiger partial charge on any atom is 0.331 e. The third-order valence-electron chi connectivity index (χ3n) is 11.1. The average Bonchev–Trinajstić information content (AvgIpc) is 3.29. The van der Waals surface area contributed by atoms with Crippen LogP contribution >= 0.6 is 0 Å². The molecule has 23 heteroatoms. The van der Waals surface area contributed by atoms with E-state index in [2.05, 4.69) is 0 Å². The molecule has 1 aromatic heterocycles. The van der Waals surface area contributed by atoms with Crippen molar-refractivity contribution in [1.29, 1.82) is 0 Å². The van der Waals surface area contributed by atoms with E-state index in [0.717, 1.165) is 18.2 Å². The molecular weight excluding hydrogens is 884 g/mol. The van der Waals surface area contributed by atoms with Crippen LogP contribution in [-0.4, -0.2) is 180 Å². The predicted molar refractivity (Wildman–Crippen MR) is 219 cm³/mol. The second kappa shape index (κ2) is 20.1. The van der Waals surface area contributed by atoms with Crippen LogP contribution in [0.1, 0.15) is 12.5 Å². The molecule has 3 aliphatic heterocycles. The Bertz CT molecular complexity index is 2420. The highest BCUT2D eigenvalue weighted by Crippen LogP contribution is 2.40. The standard InChI is InChI=1S/C43H48O23/c1-16-29(50)33(54)36(57)41(59-16)66-40-35(56)31(52)26(15-45)63-43(40)65-38-32(53)28-22(48)12-20(13-24(28)61-37(38)18-5-7-19(46)8-6-18)60-42-39(34(55)30(51)25(14-44)62-42)64-27(49)10-4-17-3-9-21(47)23(11-17)58-2/h3-13,16,25-26,29-31,33-36,39-48,50-52,54-57H,14-15H2,1-2H3/b10-4+/t16-,25-,26-,29+,30-,31-,33-,34+,35-,36+,39-,40-,41+,42-,43+/m1/s1. The Hall–Kier alpha value is -5.64. The monoisotopic (exact) mass is 932 g/mol. The normalized spacial score (nSPS) is 32.6. The van der Waals surface area contributed by atoms with Crippen LogP contribution in [0.25, 0.3) is 28.4 Å². The van der Waals surface area contributed by atoms with Crippen molar-refractivity contribution in [3.63, 3.8) is 0 Å². The van der Waals surface area contributed by atoms with E-state index in [1.807, 2.05) is 0 Å². The fraction of sp³-hybridized carbons (Fsp3) is 0.442. The zero-order valence-electron chi connectivity index (χ0n) is 34.8. The lowest BCUT2D eigenvalue weighted by Gasteiger charge is -2.45. The van der Waals surface area contributed by atoms with E-state index in [9.17, 15) is 70.9 Å². The van der Waals surface area contributed by atoms with Gasteiger partial charge in [-0.25, -0.2) is 4.79 Å². The van der Waals surface area contributed by atoms with Crippen LogP contribution in [0.15, 0.2) is 69.9 Å². The molecule has 358 valence electrons. The quantitative estimate of drug-likeness (QED) is 0.0512. The number of hydrogen-bond donors (Lipinski definition) is 12. The molecule has 3 aliphatic rings. The number of ether oxygens (including phenoxy) is 8. The second-order valence-corrected chi connectivity index (χ2v) is 15.5. The molecule has 4 heterocycles. The summed E-state index contributed by atoms with van der Waals surface area (Å²) in [6, 6.07) is 11.3. The Morgan fingerprint density at radius 1 is 0.697 bits per heavy atom. The lowest BCUT2D eigenvalue weighted by Crippen LogP contribution is -2.64. The summed E-state index contributed by atoms with van der Waals surface area (Å²) < 4.78 is 51.3. The molecule has 3 saturated heterocycles. The van der Waals surface area contributed by atoms with E-state index < -0.39 is 145 Å². The number of phenolic OH excluding ortho intramolecular Hbond substituents is 3. The Morgan fingerprint density at radius 2 is 1.33 bits per heavy atom. The lowest BCUT2D eigenvalue weighted by molar-refractivity contribution is -0.354. The van der Waals surface area contributed by atoms with Crippen LogP contribution in [0.3, 0.4) is 0 Å². The Labute approximate surface area is 372 Å². The van der Waals surface area contributed by atoms with Crippen molar-refractivity contribution in [3.8, 4) is 45.8 Å². The van der Waals surface area contributed by atoms with Crippen molar-refractivity contribution in [2.24, 2.45) is 0 Å². The maximum absolute atomic E-state index is 14.5. The number of carbonyl (C=O) groups is 1. The first kappa shape index (κ1) is 48.3. The molecule has 4 aromatic rings. The topological polar surface area (TPSA) is 364 Å². The highest BCUT2D eigenvalue weighted by atomic mass is 16.8. The van der Waals surface area contributed by atoms with Crippen molar-refractivity contribution in [2.75, 3.05) is 20.3 Å². The molecular formula is C43H48O23. The van der Waals surface area contributed by atoms with Crippen LogP contribution < -0.4 is 19.6 Å². The van der Waals surface area contributed by atoms with Gasteiger partial charge >= 0.3 is 5.97 Å². The fourth-order valence-corrected chi connectivity index (χ4v) is 7.47. The summed E-state index contributed by atoms with van der Waals surface area (Å²) in [5, 5.41) is 126. The SMILES string of the molecule is COc1cc(/C=C/C(=O)O[C@H]2[C@H](Oc3cc(O)c4c(=O)c(O[C@@H]5O[C@H](CO)[C@@H](O)[C@@H](O)[C@H]5O[C@@H]5O[C@H](C)[C@H](O)[C@@H](O)[C@@H]5O)c(-c5ccc(O)cc5)oc4c3)O[C@H](CO)[C@@H](O)[C@@H]2O)ccc1O. The molecule has 7 rings (SSSR count). The number of rotatable bonds is 13. The third-order valence-corrected chi connectivity index (χ3v) is 11.1. The zero-order chi connectivity index (χ0) is 47.7. The smallest absolute Gasteiger partial charge is 0.331 e. The zero-order valence-corrected chi connectivity index (χ0v) is 34.8. The lowest BCUT2D eigenvalue weighted by atomic mass is 9.97. The molecule has 0 aliphatic carbocycles. The van der Waals surface area contributed by atoms with E-state index in [-0.39, 0.29) is 28.6 Å². The molecule has 0 unspecified atom stereocenters. The highest BCUT2D eigenvalue weighted by molar-refractivity contribution is 5.89. The summed E-state index contributed by atoms with van der Waals surface area (Å²) in [5.41, 5.74) is -1.05. The van der Waals surface area contributed by atoms with E-state index in [1.165, 1.54) is 62.6 Å². The molecule has 0 radical (unpaired) electrons. The number of aliphatic hydroxyl groups excluding tert-OH is 9. The number of fused-ring (bicyclic) bond motifs is 1. The molecule has 0 spiro atoms. The number of esters is 1. The van der Waals surface area contributed by atoms with Crippen LogP contribution in [0.5, 0.6) is 34.5 Å². The number of benzene rings is 3. The fourth-order valence-electron chi connectivity index (χ4n) is 7.47.